The van der Waals surface area contributed by atoms with Gasteiger partial charge in [-0.3, -0.25) is 4.79 Å². The molecule has 4 nitrogen and oxygen atoms in total. The van der Waals surface area contributed by atoms with E-state index in [0.717, 1.165) is 5.75 Å². The van der Waals surface area contributed by atoms with Crippen LogP contribution in [0, 0.1) is 0 Å². The highest BCUT2D eigenvalue weighted by Gasteiger charge is 2.14. The number of thioether (sulfide) groups is 1. The molecule has 2 aromatic rings. The summed E-state index contributed by atoms with van der Waals surface area (Å²) in [5, 5.41) is 2.91. The van der Waals surface area contributed by atoms with E-state index < -0.39 is 0 Å². The summed E-state index contributed by atoms with van der Waals surface area (Å²) in [6.45, 7) is 0.582. The maximum absolute atomic E-state index is 12.3. The van der Waals surface area contributed by atoms with Gasteiger partial charge in [0.05, 0.1) is 14.2 Å². The van der Waals surface area contributed by atoms with Crippen molar-refractivity contribution in [2.75, 3.05) is 26.5 Å². The summed E-state index contributed by atoms with van der Waals surface area (Å²) < 4.78 is 11.2. The molecule has 0 bridgehead atoms. The lowest BCUT2D eigenvalue weighted by atomic mass is 10.2. The first kappa shape index (κ1) is 17.7. The zero-order chi connectivity index (χ0) is 16.7. The number of methoxy groups -OCH3 is 2. The molecule has 0 radical (unpaired) electrons. The van der Waals surface area contributed by atoms with Gasteiger partial charge < -0.3 is 14.8 Å². The molecular weight excluding hydrogens is 378 g/mol. The predicted molar refractivity (Wildman–Crippen MR) is 96.7 cm³/mol. The fourth-order valence-corrected chi connectivity index (χ4v) is 3.29. The number of halogens is 1. The fraction of sp³-hybridized carbons (Fsp3) is 0.235. The predicted octanol–water partition coefficient (Wildman–Crippen LogP) is 3.99. The minimum Gasteiger partial charge on any atom is -0.495 e. The Morgan fingerprint density at radius 3 is 2.30 bits per heavy atom. The van der Waals surface area contributed by atoms with E-state index in [2.05, 4.69) is 33.4 Å². The van der Waals surface area contributed by atoms with Crippen molar-refractivity contribution in [1.29, 1.82) is 0 Å². The van der Waals surface area contributed by atoms with E-state index in [4.69, 9.17) is 9.47 Å². The Bertz CT molecular complexity index is 639. The normalized spacial score (nSPS) is 10.2. The molecule has 0 spiro atoms. The second-order valence-corrected chi connectivity index (χ2v) is 6.57. The lowest BCUT2D eigenvalue weighted by Crippen LogP contribution is -2.25. The van der Waals surface area contributed by atoms with Crippen LogP contribution >= 0.6 is 27.7 Å². The molecule has 1 amide bonds. The van der Waals surface area contributed by atoms with E-state index in [1.165, 1.54) is 4.90 Å². The van der Waals surface area contributed by atoms with Crippen molar-refractivity contribution in [1.82, 2.24) is 5.32 Å². The van der Waals surface area contributed by atoms with Crippen LogP contribution in [0.4, 0.5) is 0 Å². The number of hydrogen-bond donors (Lipinski definition) is 1. The number of amides is 1. The van der Waals surface area contributed by atoms with E-state index in [-0.39, 0.29) is 5.91 Å². The van der Waals surface area contributed by atoms with Gasteiger partial charge in [0.25, 0.3) is 5.91 Å². The standard InChI is InChI=1S/C17H18BrNO3S/c1-21-14-10-12(11-15(22-2)16(14)18)17(20)19-8-9-23-13-6-4-3-5-7-13/h3-7,10-11H,8-9H2,1-2H3,(H,19,20). The smallest absolute Gasteiger partial charge is 0.251 e. The third-order valence-electron chi connectivity index (χ3n) is 3.11. The summed E-state index contributed by atoms with van der Waals surface area (Å²) in [6, 6.07) is 13.5. The molecule has 122 valence electrons. The second-order valence-electron chi connectivity index (χ2n) is 4.61. The Morgan fingerprint density at radius 1 is 1.13 bits per heavy atom. The van der Waals surface area contributed by atoms with Crippen LogP contribution in [0.5, 0.6) is 11.5 Å². The average molecular weight is 396 g/mol. The van der Waals surface area contributed by atoms with Crippen LogP contribution in [0.2, 0.25) is 0 Å². The third-order valence-corrected chi connectivity index (χ3v) is 4.90. The van der Waals surface area contributed by atoms with Gasteiger partial charge in [0.2, 0.25) is 0 Å². The molecule has 2 aromatic carbocycles. The van der Waals surface area contributed by atoms with Crippen LogP contribution in [0.25, 0.3) is 0 Å². The van der Waals surface area contributed by atoms with E-state index in [1.807, 2.05) is 18.2 Å². The minimum absolute atomic E-state index is 0.150. The number of hydrogen-bond acceptors (Lipinski definition) is 4. The Labute approximate surface area is 148 Å². The van der Waals surface area contributed by atoms with E-state index in [0.29, 0.717) is 28.1 Å². The molecule has 2 rings (SSSR count). The molecule has 23 heavy (non-hydrogen) atoms. The van der Waals surface area contributed by atoms with E-state index in [9.17, 15) is 4.79 Å². The monoisotopic (exact) mass is 395 g/mol. The Morgan fingerprint density at radius 2 is 1.74 bits per heavy atom. The molecule has 0 saturated carbocycles. The van der Waals surface area contributed by atoms with Gasteiger partial charge in [-0.25, -0.2) is 0 Å². The molecule has 0 aromatic heterocycles. The zero-order valence-electron chi connectivity index (χ0n) is 13.0. The van der Waals surface area contributed by atoms with Crippen LogP contribution in [-0.4, -0.2) is 32.4 Å². The Hall–Kier alpha value is -1.66. The Kier molecular flexibility index (Phi) is 6.80. The number of carbonyl (C=O) groups excluding carboxylic acids is 1. The molecule has 0 fully saturated rings. The van der Waals surface area contributed by atoms with Crippen LogP contribution in [0.1, 0.15) is 10.4 Å². The lowest BCUT2D eigenvalue weighted by molar-refractivity contribution is 0.0955. The van der Waals surface area contributed by atoms with Gasteiger partial charge in [-0.1, -0.05) is 18.2 Å². The molecule has 0 unspecified atom stereocenters. The zero-order valence-corrected chi connectivity index (χ0v) is 15.4. The van der Waals surface area contributed by atoms with Gasteiger partial charge in [0.15, 0.2) is 0 Å². The summed E-state index contributed by atoms with van der Waals surface area (Å²) in [4.78, 5) is 13.4. The molecule has 0 atom stereocenters. The van der Waals surface area contributed by atoms with Crippen molar-refractivity contribution < 1.29 is 14.3 Å². The Balaban J connectivity index is 1.93. The molecule has 6 heteroatoms. The highest BCUT2D eigenvalue weighted by Crippen LogP contribution is 2.35. The van der Waals surface area contributed by atoms with Crippen molar-refractivity contribution >= 4 is 33.6 Å². The van der Waals surface area contributed by atoms with Gasteiger partial charge >= 0.3 is 0 Å². The first-order valence-electron chi connectivity index (χ1n) is 7.03. The van der Waals surface area contributed by atoms with Crippen molar-refractivity contribution in [3.8, 4) is 11.5 Å². The topological polar surface area (TPSA) is 47.6 Å². The highest BCUT2D eigenvalue weighted by molar-refractivity contribution is 9.10. The molecular formula is C17H18BrNO3S. The van der Waals surface area contributed by atoms with E-state index >= 15 is 0 Å². The number of nitrogens with one attached hydrogen (secondary N) is 1. The van der Waals surface area contributed by atoms with Crippen LogP contribution in [-0.2, 0) is 0 Å². The second kappa shape index (κ2) is 8.84. The molecule has 0 aliphatic heterocycles. The fourth-order valence-electron chi connectivity index (χ4n) is 1.95. The van der Waals surface area contributed by atoms with Crippen molar-refractivity contribution in [3.63, 3.8) is 0 Å². The van der Waals surface area contributed by atoms with Gasteiger partial charge in [-0.2, -0.15) is 0 Å². The molecule has 0 saturated heterocycles. The van der Waals surface area contributed by atoms with E-state index in [1.54, 1.807) is 38.1 Å². The molecule has 1 N–H and O–H groups in total. The van der Waals surface area contributed by atoms with Gasteiger partial charge in [0.1, 0.15) is 16.0 Å². The highest BCUT2D eigenvalue weighted by atomic mass is 79.9. The quantitative estimate of drug-likeness (QED) is 0.568. The van der Waals surface area contributed by atoms with Crippen molar-refractivity contribution in [2.24, 2.45) is 0 Å². The maximum atomic E-state index is 12.3. The lowest BCUT2D eigenvalue weighted by Gasteiger charge is -2.11. The SMILES string of the molecule is COc1cc(C(=O)NCCSc2ccccc2)cc(OC)c1Br. The van der Waals surface area contributed by atoms with Gasteiger partial charge in [-0.05, 0) is 40.2 Å². The van der Waals surface area contributed by atoms with Crippen LogP contribution in [0.3, 0.4) is 0 Å². The van der Waals surface area contributed by atoms with Gasteiger partial charge in [0, 0.05) is 22.8 Å². The summed E-state index contributed by atoms with van der Waals surface area (Å²) in [5.74, 6) is 1.78. The number of rotatable bonds is 7. The summed E-state index contributed by atoms with van der Waals surface area (Å²) >= 11 is 5.09. The summed E-state index contributed by atoms with van der Waals surface area (Å²) in [6.07, 6.45) is 0. The van der Waals surface area contributed by atoms with Gasteiger partial charge in [-0.15, -0.1) is 11.8 Å². The van der Waals surface area contributed by atoms with Crippen molar-refractivity contribution in [2.45, 2.75) is 4.90 Å². The third kappa shape index (κ3) is 4.91. The van der Waals surface area contributed by atoms with Crippen molar-refractivity contribution in [3.05, 3.63) is 52.5 Å². The number of ether oxygens (including phenoxy) is 2. The number of carbonyl (C=O) groups is 1. The molecule has 0 aliphatic rings. The summed E-state index contributed by atoms with van der Waals surface area (Å²) in [7, 11) is 3.11. The molecule has 0 heterocycles. The average Bonchev–Trinajstić information content (AvgIpc) is 2.59. The largest absolute Gasteiger partial charge is 0.495 e. The van der Waals surface area contributed by atoms with Crippen LogP contribution < -0.4 is 14.8 Å². The molecule has 0 aliphatic carbocycles. The first-order valence-corrected chi connectivity index (χ1v) is 8.81. The minimum atomic E-state index is -0.150. The maximum Gasteiger partial charge on any atom is 0.251 e. The number of benzene rings is 2. The first-order chi connectivity index (χ1) is 11.2. The summed E-state index contributed by atoms with van der Waals surface area (Å²) in [5.41, 5.74) is 0.506. The van der Waals surface area contributed by atoms with Crippen LogP contribution in [0.15, 0.2) is 51.8 Å².